The van der Waals surface area contributed by atoms with E-state index in [2.05, 4.69) is 4.98 Å². The Morgan fingerprint density at radius 3 is 2.62 bits per heavy atom. The lowest BCUT2D eigenvalue weighted by Crippen LogP contribution is -1.89. The van der Waals surface area contributed by atoms with Crippen LogP contribution in [0.4, 0.5) is 4.39 Å². The number of fused-ring (bicyclic) bond motifs is 1. The van der Waals surface area contributed by atoms with E-state index < -0.39 is 5.82 Å². The summed E-state index contributed by atoms with van der Waals surface area (Å²) >= 11 is 7.27. The van der Waals surface area contributed by atoms with Crippen LogP contribution in [-0.2, 0) is 0 Å². The van der Waals surface area contributed by atoms with E-state index in [0.29, 0.717) is 5.52 Å². The van der Waals surface area contributed by atoms with Gasteiger partial charge in [0.25, 0.3) is 0 Å². The Kier molecular flexibility index (Phi) is 4.50. The molecule has 1 aromatic heterocycles. The van der Waals surface area contributed by atoms with Crippen LogP contribution in [0.2, 0.25) is 5.02 Å². The molecule has 0 amide bonds. The molecular formula is C11H13ClFNOS. The van der Waals surface area contributed by atoms with Crippen LogP contribution in [0.15, 0.2) is 6.07 Å². The van der Waals surface area contributed by atoms with Crippen molar-refractivity contribution in [1.29, 1.82) is 0 Å². The van der Waals surface area contributed by atoms with Gasteiger partial charge in [-0.25, -0.2) is 9.37 Å². The Labute approximate surface area is 103 Å². The van der Waals surface area contributed by atoms with Gasteiger partial charge in [-0.2, -0.15) is 0 Å². The Hall–Kier alpha value is -0.870. The molecule has 0 unspecified atom stereocenters. The van der Waals surface area contributed by atoms with Crippen LogP contribution < -0.4 is 4.74 Å². The number of methoxy groups -OCH3 is 1. The van der Waals surface area contributed by atoms with E-state index in [1.165, 1.54) is 18.4 Å². The zero-order chi connectivity index (χ0) is 12.3. The summed E-state index contributed by atoms with van der Waals surface area (Å²) in [6.07, 6.45) is 0. The molecule has 0 atom stereocenters. The van der Waals surface area contributed by atoms with Gasteiger partial charge in [0.05, 0.1) is 16.8 Å². The Bertz CT molecular complexity index is 498. The number of ether oxygens (including phenoxy) is 1. The molecule has 0 fully saturated rings. The first-order valence-corrected chi connectivity index (χ1v) is 6.12. The molecule has 0 radical (unpaired) electrons. The summed E-state index contributed by atoms with van der Waals surface area (Å²) in [5.41, 5.74) is 0.507. The van der Waals surface area contributed by atoms with Crippen molar-refractivity contribution in [1.82, 2.24) is 4.98 Å². The van der Waals surface area contributed by atoms with Crippen LogP contribution in [0, 0.1) is 12.7 Å². The van der Waals surface area contributed by atoms with E-state index in [1.54, 1.807) is 6.07 Å². The number of hydrogen-bond acceptors (Lipinski definition) is 3. The number of hydrogen-bond donors (Lipinski definition) is 0. The summed E-state index contributed by atoms with van der Waals surface area (Å²) in [5.74, 6) is -0.391. The highest BCUT2D eigenvalue weighted by Gasteiger charge is 2.15. The van der Waals surface area contributed by atoms with Crippen molar-refractivity contribution in [3.05, 3.63) is 21.9 Å². The van der Waals surface area contributed by atoms with Gasteiger partial charge < -0.3 is 4.74 Å². The zero-order valence-electron chi connectivity index (χ0n) is 9.60. The summed E-state index contributed by atoms with van der Waals surface area (Å²) in [6, 6.07) is 1.61. The second kappa shape index (κ2) is 5.46. The Morgan fingerprint density at radius 2 is 2.06 bits per heavy atom. The van der Waals surface area contributed by atoms with Crippen LogP contribution in [-0.4, -0.2) is 12.1 Å². The summed E-state index contributed by atoms with van der Waals surface area (Å²) in [7, 11) is 1.41. The highest BCUT2D eigenvalue weighted by molar-refractivity contribution is 7.18. The van der Waals surface area contributed by atoms with Crippen LogP contribution >= 0.6 is 22.9 Å². The summed E-state index contributed by atoms with van der Waals surface area (Å²) in [4.78, 5) is 4.14. The molecule has 1 aromatic carbocycles. The van der Waals surface area contributed by atoms with E-state index >= 15 is 0 Å². The van der Waals surface area contributed by atoms with Gasteiger partial charge in [0.2, 0.25) is 0 Å². The van der Waals surface area contributed by atoms with Gasteiger partial charge in [0, 0.05) is 6.07 Å². The molecule has 0 bridgehead atoms. The zero-order valence-corrected chi connectivity index (χ0v) is 11.2. The normalized spacial score (nSPS) is 9.88. The van der Waals surface area contributed by atoms with E-state index in [4.69, 9.17) is 16.3 Å². The van der Waals surface area contributed by atoms with Crippen molar-refractivity contribution in [3.8, 4) is 5.75 Å². The topological polar surface area (TPSA) is 22.1 Å². The van der Waals surface area contributed by atoms with Crippen molar-refractivity contribution in [2.45, 2.75) is 20.8 Å². The first-order valence-electron chi connectivity index (χ1n) is 4.92. The lowest BCUT2D eigenvalue weighted by Gasteiger charge is -2.02. The third kappa shape index (κ3) is 2.28. The minimum atomic E-state index is -0.549. The SMILES string of the molecule is CC.COc1cc2sc(C)nc2c(Cl)c1F. The van der Waals surface area contributed by atoms with Crippen molar-refractivity contribution >= 4 is 33.2 Å². The van der Waals surface area contributed by atoms with Gasteiger partial charge in [-0.15, -0.1) is 11.3 Å². The number of benzene rings is 1. The fourth-order valence-corrected chi connectivity index (χ4v) is 2.40. The van der Waals surface area contributed by atoms with Crippen molar-refractivity contribution in [2.75, 3.05) is 7.11 Å². The Balaban J connectivity index is 0.000000606. The van der Waals surface area contributed by atoms with E-state index in [1.807, 2.05) is 20.8 Å². The number of halogens is 2. The minimum Gasteiger partial charge on any atom is -0.494 e. The number of nitrogens with zero attached hydrogens (tertiary/aromatic N) is 1. The average Bonchev–Trinajstić information content (AvgIpc) is 2.67. The van der Waals surface area contributed by atoms with E-state index in [-0.39, 0.29) is 10.8 Å². The highest BCUT2D eigenvalue weighted by atomic mass is 35.5. The molecule has 0 aliphatic heterocycles. The molecule has 0 aliphatic rings. The van der Waals surface area contributed by atoms with Crippen LogP contribution in [0.3, 0.4) is 0 Å². The van der Waals surface area contributed by atoms with Crippen molar-refractivity contribution in [2.24, 2.45) is 0 Å². The average molecular weight is 262 g/mol. The molecule has 0 N–H and O–H groups in total. The predicted octanol–water partition coefficient (Wildman–Crippen LogP) is 4.43. The molecule has 0 saturated carbocycles. The summed E-state index contributed by atoms with van der Waals surface area (Å²) in [5, 5.41) is 0.887. The fourth-order valence-electron chi connectivity index (χ4n) is 1.24. The molecule has 5 heteroatoms. The van der Waals surface area contributed by atoms with E-state index in [0.717, 1.165) is 9.71 Å². The summed E-state index contributed by atoms with van der Waals surface area (Å²) in [6.45, 7) is 5.85. The summed E-state index contributed by atoms with van der Waals surface area (Å²) < 4.78 is 19.2. The lowest BCUT2D eigenvalue weighted by molar-refractivity contribution is 0.387. The molecule has 0 saturated heterocycles. The quantitative estimate of drug-likeness (QED) is 0.758. The first-order chi connectivity index (χ1) is 7.63. The highest BCUT2D eigenvalue weighted by Crippen LogP contribution is 2.35. The molecule has 0 aliphatic carbocycles. The molecule has 2 aromatic rings. The monoisotopic (exact) mass is 261 g/mol. The smallest absolute Gasteiger partial charge is 0.185 e. The van der Waals surface area contributed by atoms with Gasteiger partial charge in [0.1, 0.15) is 10.5 Å². The van der Waals surface area contributed by atoms with Gasteiger partial charge in [0.15, 0.2) is 11.6 Å². The van der Waals surface area contributed by atoms with Gasteiger partial charge in [-0.3, -0.25) is 0 Å². The van der Waals surface area contributed by atoms with Gasteiger partial charge in [-0.1, -0.05) is 25.4 Å². The van der Waals surface area contributed by atoms with Crippen molar-refractivity contribution < 1.29 is 9.13 Å². The molecule has 16 heavy (non-hydrogen) atoms. The maximum atomic E-state index is 13.4. The molecule has 2 rings (SSSR count). The maximum absolute atomic E-state index is 13.4. The first kappa shape index (κ1) is 13.2. The second-order valence-electron chi connectivity index (χ2n) is 2.79. The third-order valence-corrected chi connectivity index (χ3v) is 3.12. The van der Waals surface area contributed by atoms with Crippen molar-refractivity contribution in [3.63, 3.8) is 0 Å². The fraction of sp³-hybridized carbons (Fsp3) is 0.364. The number of rotatable bonds is 1. The third-order valence-electron chi connectivity index (χ3n) is 1.86. The largest absolute Gasteiger partial charge is 0.494 e. The van der Waals surface area contributed by atoms with Crippen LogP contribution in [0.25, 0.3) is 10.2 Å². The minimum absolute atomic E-state index is 0.0312. The number of thiazole rings is 1. The maximum Gasteiger partial charge on any atom is 0.185 e. The van der Waals surface area contributed by atoms with Gasteiger partial charge in [-0.05, 0) is 6.92 Å². The molecule has 1 heterocycles. The molecule has 0 spiro atoms. The lowest BCUT2D eigenvalue weighted by atomic mass is 10.3. The van der Waals surface area contributed by atoms with E-state index in [9.17, 15) is 4.39 Å². The molecular weight excluding hydrogens is 249 g/mol. The number of aryl methyl sites for hydroxylation is 1. The Morgan fingerprint density at radius 1 is 1.44 bits per heavy atom. The van der Waals surface area contributed by atoms with Gasteiger partial charge >= 0.3 is 0 Å². The van der Waals surface area contributed by atoms with Crippen LogP contribution in [0.1, 0.15) is 18.9 Å². The molecule has 88 valence electrons. The second-order valence-corrected chi connectivity index (χ2v) is 4.40. The standard InChI is InChI=1S/C9H7ClFNOS.C2H6/c1-4-12-9-6(14-4)3-5(13-2)8(11)7(9)10;1-2/h3H,1-2H3;1-2H3. The molecule has 2 nitrogen and oxygen atoms in total. The van der Waals surface area contributed by atoms with Crippen LogP contribution in [0.5, 0.6) is 5.75 Å². The number of aromatic nitrogens is 1. The predicted molar refractivity (Wildman–Crippen MR) is 67.2 cm³/mol.